The first-order valence-corrected chi connectivity index (χ1v) is 10.7. The summed E-state index contributed by atoms with van der Waals surface area (Å²) in [5.74, 6) is 1.37. The average molecular weight is 425 g/mol. The lowest BCUT2D eigenvalue weighted by Gasteiger charge is -2.35. The Hall–Kier alpha value is -3.84. The molecule has 0 aliphatic carbocycles. The minimum absolute atomic E-state index is 0.0194. The van der Waals surface area contributed by atoms with E-state index in [1.54, 1.807) is 18.3 Å². The van der Waals surface area contributed by atoms with Crippen LogP contribution in [0.5, 0.6) is 0 Å². The van der Waals surface area contributed by atoms with E-state index >= 15 is 0 Å². The van der Waals surface area contributed by atoms with Gasteiger partial charge >= 0.3 is 0 Å². The Morgan fingerprint density at radius 3 is 2.47 bits per heavy atom. The number of para-hydroxylation sites is 1. The SMILES string of the molecule is O=C(c1ccccc1)c1cccnc1N1CCN(Cc2nc3ccccc3c(=O)[nH]2)CC1. The Morgan fingerprint density at radius 2 is 1.66 bits per heavy atom. The summed E-state index contributed by atoms with van der Waals surface area (Å²) in [4.78, 5) is 41.8. The number of ketones is 1. The Balaban J connectivity index is 1.30. The molecule has 2 aromatic carbocycles. The van der Waals surface area contributed by atoms with E-state index in [2.05, 4.69) is 24.8 Å². The third kappa shape index (κ3) is 4.02. The molecule has 0 bridgehead atoms. The molecular weight excluding hydrogens is 402 g/mol. The van der Waals surface area contributed by atoms with E-state index in [9.17, 15) is 9.59 Å². The molecule has 160 valence electrons. The second kappa shape index (κ2) is 8.72. The van der Waals surface area contributed by atoms with Crippen molar-refractivity contribution in [2.45, 2.75) is 6.54 Å². The minimum atomic E-state index is -0.109. The van der Waals surface area contributed by atoms with E-state index in [4.69, 9.17) is 0 Å². The molecule has 4 aromatic rings. The molecule has 1 fully saturated rings. The van der Waals surface area contributed by atoms with Crippen LogP contribution in [0.25, 0.3) is 10.9 Å². The van der Waals surface area contributed by atoms with Crippen molar-refractivity contribution in [3.8, 4) is 0 Å². The van der Waals surface area contributed by atoms with Gasteiger partial charge in [-0.05, 0) is 24.3 Å². The molecule has 1 aliphatic rings. The molecule has 0 amide bonds. The lowest BCUT2D eigenvalue weighted by molar-refractivity contribution is 0.103. The highest BCUT2D eigenvalue weighted by Gasteiger charge is 2.23. The molecule has 3 heterocycles. The van der Waals surface area contributed by atoms with Gasteiger partial charge in [0.15, 0.2) is 5.78 Å². The first kappa shape index (κ1) is 20.1. The maximum absolute atomic E-state index is 13.0. The summed E-state index contributed by atoms with van der Waals surface area (Å²) >= 11 is 0. The van der Waals surface area contributed by atoms with E-state index in [0.717, 1.165) is 32.0 Å². The molecule has 0 unspecified atom stereocenters. The molecule has 0 spiro atoms. The smallest absolute Gasteiger partial charge is 0.258 e. The summed E-state index contributed by atoms with van der Waals surface area (Å²) in [5, 5.41) is 0.604. The number of nitrogens with one attached hydrogen (secondary N) is 1. The van der Waals surface area contributed by atoms with E-state index in [1.165, 1.54) is 0 Å². The Labute approximate surface area is 185 Å². The number of fused-ring (bicyclic) bond motifs is 1. The van der Waals surface area contributed by atoms with Crippen molar-refractivity contribution >= 4 is 22.5 Å². The number of piperazine rings is 1. The van der Waals surface area contributed by atoms with Gasteiger partial charge in [-0.15, -0.1) is 0 Å². The van der Waals surface area contributed by atoms with Gasteiger partial charge in [0.25, 0.3) is 5.56 Å². The number of H-pyrrole nitrogens is 1. The van der Waals surface area contributed by atoms with Gasteiger partial charge in [-0.1, -0.05) is 42.5 Å². The van der Waals surface area contributed by atoms with Crippen LogP contribution in [0.4, 0.5) is 5.82 Å². The second-order valence-electron chi connectivity index (χ2n) is 7.86. The normalized spacial score (nSPS) is 14.6. The summed E-state index contributed by atoms with van der Waals surface area (Å²) < 4.78 is 0. The molecule has 7 nitrogen and oxygen atoms in total. The molecule has 7 heteroatoms. The van der Waals surface area contributed by atoms with Gasteiger partial charge < -0.3 is 9.88 Å². The lowest BCUT2D eigenvalue weighted by Crippen LogP contribution is -2.47. The van der Waals surface area contributed by atoms with Gasteiger partial charge in [0, 0.05) is 37.9 Å². The van der Waals surface area contributed by atoms with Crippen LogP contribution >= 0.6 is 0 Å². The van der Waals surface area contributed by atoms with Gasteiger partial charge in [0.05, 0.1) is 23.0 Å². The molecule has 1 saturated heterocycles. The van der Waals surface area contributed by atoms with Crippen molar-refractivity contribution in [1.29, 1.82) is 0 Å². The quantitative estimate of drug-likeness (QED) is 0.495. The van der Waals surface area contributed by atoms with Gasteiger partial charge in [0.1, 0.15) is 11.6 Å². The van der Waals surface area contributed by atoms with Crippen molar-refractivity contribution in [3.63, 3.8) is 0 Å². The fourth-order valence-corrected chi connectivity index (χ4v) is 4.11. The highest BCUT2D eigenvalue weighted by molar-refractivity contribution is 6.11. The maximum atomic E-state index is 13.0. The molecular formula is C25H23N5O2. The van der Waals surface area contributed by atoms with Crippen molar-refractivity contribution in [3.05, 3.63) is 100 Å². The maximum Gasteiger partial charge on any atom is 0.258 e. The Bertz CT molecular complexity index is 1310. The number of carbonyl (C=O) groups is 1. The van der Waals surface area contributed by atoms with Crippen LogP contribution < -0.4 is 10.5 Å². The van der Waals surface area contributed by atoms with Crippen LogP contribution in [0.2, 0.25) is 0 Å². The first-order valence-electron chi connectivity index (χ1n) is 10.7. The Morgan fingerprint density at radius 1 is 0.906 bits per heavy atom. The minimum Gasteiger partial charge on any atom is -0.353 e. The third-order valence-corrected chi connectivity index (χ3v) is 5.77. The van der Waals surface area contributed by atoms with Crippen molar-refractivity contribution in [2.24, 2.45) is 0 Å². The molecule has 1 aliphatic heterocycles. The number of aromatic amines is 1. The van der Waals surface area contributed by atoms with Crippen molar-refractivity contribution in [2.75, 3.05) is 31.1 Å². The lowest BCUT2D eigenvalue weighted by atomic mass is 10.0. The third-order valence-electron chi connectivity index (χ3n) is 5.77. The topological polar surface area (TPSA) is 82.2 Å². The molecule has 1 N–H and O–H groups in total. The monoisotopic (exact) mass is 425 g/mol. The largest absolute Gasteiger partial charge is 0.353 e. The Kier molecular flexibility index (Phi) is 5.47. The van der Waals surface area contributed by atoms with Gasteiger partial charge in [-0.2, -0.15) is 0 Å². The zero-order chi connectivity index (χ0) is 21.9. The van der Waals surface area contributed by atoms with E-state index in [-0.39, 0.29) is 11.3 Å². The zero-order valence-corrected chi connectivity index (χ0v) is 17.6. The number of benzene rings is 2. The summed E-state index contributed by atoms with van der Waals surface area (Å²) in [6.45, 7) is 3.62. The zero-order valence-electron chi connectivity index (χ0n) is 17.6. The fraction of sp³-hybridized carbons (Fsp3) is 0.200. The summed E-state index contributed by atoms with van der Waals surface area (Å²) in [6.07, 6.45) is 1.73. The van der Waals surface area contributed by atoms with Crippen LogP contribution in [0, 0.1) is 0 Å². The first-order chi connectivity index (χ1) is 15.7. The highest BCUT2D eigenvalue weighted by Crippen LogP contribution is 2.22. The highest BCUT2D eigenvalue weighted by atomic mass is 16.1. The van der Waals surface area contributed by atoms with E-state index in [1.807, 2.05) is 54.6 Å². The number of carbonyl (C=O) groups excluding carboxylic acids is 1. The molecule has 5 rings (SSSR count). The number of aromatic nitrogens is 3. The van der Waals surface area contributed by atoms with Gasteiger partial charge in [0.2, 0.25) is 0 Å². The van der Waals surface area contributed by atoms with Crippen molar-refractivity contribution < 1.29 is 4.79 Å². The number of hydrogen-bond donors (Lipinski definition) is 1. The number of hydrogen-bond acceptors (Lipinski definition) is 6. The molecule has 0 atom stereocenters. The van der Waals surface area contributed by atoms with Crippen LogP contribution in [0.15, 0.2) is 77.7 Å². The molecule has 0 saturated carbocycles. The number of anilines is 1. The fourth-order valence-electron chi connectivity index (χ4n) is 4.11. The predicted molar refractivity (Wildman–Crippen MR) is 124 cm³/mol. The van der Waals surface area contributed by atoms with E-state index in [0.29, 0.717) is 34.4 Å². The number of pyridine rings is 1. The van der Waals surface area contributed by atoms with Crippen LogP contribution in [0.3, 0.4) is 0 Å². The number of rotatable bonds is 5. The standard InChI is InChI=1S/C25H23N5O2/c31-23(18-7-2-1-3-8-18)20-10-6-12-26-24(20)30-15-13-29(14-16-30)17-22-27-21-11-5-4-9-19(21)25(32)28-22/h1-12H,13-17H2,(H,27,28,32). The van der Waals surface area contributed by atoms with Crippen LogP contribution in [-0.4, -0.2) is 51.8 Å². The van der Waals surface area contributed by atoms with Gasteiger partial charge in [-0.3, -0.25) is 14.5 Å². The van der Waals surface area contributed by atoms with E-state index < -0.39 is 0 Å². The molecule has 0 radical (unpaired) electrons. The average Bonchev–Trinajstić information content (AvgIpc) is 2.85. The van der Waals surface area contributed by atoms with Crippen LogP contribution in [0.1, 0.15) is 21.7 Å². The van der Waals surface area contributed by atoms with Gasteiger partial charge in [-0.25, -0.2) is 9.97 Å². The number of nitrogens with zero attached hydrogens (tertiary/aromatic N) is 4. The molecule has 2 aromatic heterocycles. The van der Waals surface area contributed by atoms with Crippen molar-refractivity contribution in [1.82, 2.24) is 19.9 Å². The second-order valence-corrected chi connectivity index (χ2v) is 7.86. The summed E-state index contributed by atoms with van der Waals surface area (Å²) in [5.41, 5.74) is 1.88. The van der Waals surface area contributed by atoms with Crippen LogP contribution in [-0.2, 0) is 6.54 Å². The summed E-state index contributed by atoms with van der Waals surface area (Å²) in [7, 11) is 0. The predicted octanol–water partition coefficient (Wildman–Crippen LogP) is 2.87. The summed E-state index contributed by atoms with van der Waals surface area (Å²) in [6, 6.07) is 20.3. The molecule has 32 heavy (non-hydrogen) atoms.